The third-order valence-electron chi connectivity index (χ3n) is 2.82. The summed E-state index contributed by atoms with van der Waals surface area (Å²) in [7, 11) is 0. The Balaban J connectivity index is 2.10. The van der Waals surface area contributed by atoms with Crippen LogP contribution in [0.1, 0.15) is 33.1 Å². The molecule has 1 atom stereocenters. The number of nitrogens with zero attached hydrogens (tertiary/aromatic N) is 3. The van der Waals surface area contributed by atoms with Gasteiger partial charge in [-0.1, -0.05) is 13.3 Å². The standard InChI is InChI=1S/C10H15N3O3/c1-3-4-5-10(2)7-12-6-8(13(14)15)11-9(12)16-10/h6H,3-5,7H2,1-2H3. The minimum atomic E-state index is -0.502. The lowest BCUT2D eigenvalue weighted by Crippen LogP contribution is -2.31. The van der Waals surface area contributed by atoms with Crippen molar-refractivity contribution in [3.05, 3.63) is 16.3 Å². The third kappa shape index (κ3) is 1.87. The number of nitro groups is 1. The molecule has 6 nitrogen and oxygen atoms in total. The summed E-state index contributed by atoms with van der Waals surface area (Å²) in [5.74, 6) is -0.146. The zero-order chi connectivity index (χ0) is 11.8. The Morgan fingerprint density at radius 2 is 2.50 bits per heavy atom. The largest absolute Gasteiger partial charge is 0.438 e. The van der Waals surface area contributed by atoms with Crippen molar-refractivity contribution in [3.8, 4) is 6.01 Å². The third-order valence-corrected chi connectivity index (χ3v) is 2.82. The Kier molecular flexibility index (Phi) is 2.57. The molecule has 0 bridgehead atoms. The van der Waals surface area contributed by atoms with E-state index < -0.39 is 4.92 Å². The first kappa shape index (κ1) is 10.9. The van der Waals surface area contributed by atoms with Crippen molar-refractivity contribution < 1.29 is 9.66 Å². The second kappa shape index (κ2) is 3.77. The van der Waals surface area contributed by atoms with Crippen LogP contribution in [0.2, 0.25) is 0 Å². The molecule has 2 heterocycles. The molecule has 1 aliphatic heterocycles. The van der Waals surface area contributed by atoms with Gasteiger partial charge in [0.1, 0.15) is 11.8 Å². The average molecular weight is 225 g/mol. The maximum Gasteiger partial charge on any atom is 0.414 e. The van der Waals surface area contributed by atoms with E-state index in [1.807, 2.05) is 6.92 Å². The fourth-order valence-electron chi connectivity index (χ4n) is 1.96. The molecular formula is C10H15N3O3. The molecule has 0 amide bonds. The SMILES string of the molecule is CCCCC1(C)Cn2cc([N+](=O)[O-])nc2O1. The average Bonchev–Trinajstić information content (AvgIpc) is 2.70. The Labute approximate surface area is 93.4 Å². The maximum absolute atomic E-state index is 10.5. The molecule has 1 aromatic rings. The monoisotopic (exact) mass is 225 g/mol. The van der Waals surface area contributed by atoms with Crippen molar-refractivity contribution in [2.75, 3.05) is 0 Å². The van der Waals surface area contributed by atoms with Gasteiger partial charge in [-0.2, -0.15) is 0 Å². The number of hydrogen-bond donors (Lipinski definition) is 0. The molecule has 0 fully saturated rings. The highest BCUT2D eigenvalue weighted by molar-refractivity contribution is 5.23. The first-order valence-corrected chi connectivity index (χ1v) is 5.45. The summed E-state index contributed by atoms with van der Waals surface area (Å²) >= 11 is 0. The van der Waals surface area contributed by atoms with Crippen molar-refractivity contribution in [2.24, 2.45) is 0 Å². The first-order valence-electron chi connectivity index (χ1n) is 5.45. The topological polar surface area (TPSA) is 70.2 Å². The molecular weight excluding hydrogens is 210 g/mol. The number of ether oxygens (including phenoxy) is 1. The van der Waals surface area contributed by atoms with Crippen LogP contribution in [0.3, 0.4) is 0 Å². The molecule has 0 aliphatic carbocycles. The molecule has 0 saturated heterocycles. The Bertz CT molecular complexity index is 390. The first-order chi connectivity index (χ1) is 7.54. The summed E-state index contributed by atoms with van der Waals surface area (Å²) in [6.45, 7) is 4.79. The predicted molar refractivity (Wildman–Crippen MR) is 57.4 cm³/mol. The van der Waals surface area contributed by atoms with E-state index in [0.717, 1.165) is 19.3 Å². The van der Waals surface area contributed by atoms with Crippen LogP contribution >= 0.6 is 0 Å². The van der Waals surface area contributed by atoms with E-state index in [9.17, 15) is 10.1 Å². The number of imidazole rings is 1. The zero-order valence-corrected chi connectivity index (χ0v) is 9.47. The fraction of sp³-hybridized carbons (Fsp3) is 0.700. The second-order valence-electron chi connectivity index (χ2n) is 4.42. The predicted octanol–water partition coefficient (Wildman–Crippen LogP) is 2.13. The van der Waals surface area contributed by atoms with E-state index in [0.29, 0.717) is 12.6 Å². The van der Waals surface area contributed by atoms with Crippen LogP contribution in [0.25, 0.3) is 0 Å². The molecule has 0 saturated carbocycles. The number of aromatic nitrogens is 2. The van der Waals surface area contributed by atoms with Crippen LogP contribution in [0, 0.1) is 10.1 Å². The van der Waals surface area contributed by atoms with E-state index in [-0.39, 0.29) is 11.4 Å². The van der Waals surface area contributed by atoms with Crippen LogP contribution in [-0.4, -0.2) is 20.1 Å². The number of unbranched alkanes of at least 4 members (excludes halogenated alkanes) is 1. The van der Waals surface area contributed by atoms with Crippen molar-refractivity contribution >= 4 is 5.82 Å². The van der Waals surface area contributed by atoms with Crippen molar-refractivity contribution in [3.63, 3.8) is 0 Å². The van der Waals surface area contributed by atoms with Gasteiger partial charge in [-0.15, -0.1) is 0 Å². The lowest BCUT2D eigenvalue weighted by molar-refractivity contribution is -0.389. The summed E-state index contributed by atoms with van der Waals surface area (Å²) in [6, 6.07) is 0.366. The van der Waals surface area contributed by atoms with Gasteiger partial charge in [-0.05, 0) is 24.7 Å². The van der Waals surface area contributed by atoms with Crippen LogP contribution in [0.15, 0.2) is 6.20 Å². The van der Waals surface area contributed by atoms with Gasteiger partial charge in [0.25, 0.3) is 0 Å². The van der Waals surface area contributed by atoms with Crippen molar-refractivity contribution in [1.29, 1.82) is 0 Å². The normalized spacial score (nSPS) is 22.9. The van der Waals surface area contributed by atoms with Gasteiger partial charge < -0.3 is 14.9 Å². The highest BCUT2D eigenvalue weighted by atomic mass is 16.6. The van der Waals surface area contributed by atoms with E-state index in [1.54, 1.807) is 4.57 Å². The molecule has 2 rings (SSSR count). The van der Waals surface area contributed by atoms with Gasteiger partial charge in [0.15, 0.2) is 0 Å². The molecule has 16 heavy (non-hydrogen) atoms. The quantitative estimate of drug-likeness (QED) is 0.581. The van der Waals surface area contributed by atoms with E-state index >= 15 is 0 Å². The van der Waals surface area contributed by atoms with Crippen molar-refractivity contribution in [2.45, 2.75) is 45.3 Å². The maximum atomic E-state index is 10.5. The Morgan fingerprint density at radius 1 is 1.75 bits per heavy atom. The summed E-state index contributed by atoms with van der Waals surface area (Å²) in [6.07, 6.45) is 4.58. The molecule has 1 aliphatic rings. The highest BCUT2D eigenvalue weighted by Gasteiger charge is 2.39. The van der Waals surface area contributed by atoms with Gasteiger partial charge in [0, 0.05) is 4.98 Å². The molecule has 0 spiro atoms. The van der Waals surface area contributed by atoms with Crippen LogP contribution in [0.5, 0.6) is 6.01 Å². The Morgan fingerprint density at radius 3 is 3.06 bits per heavy atom. The van der Waals surface area contributed by atoms with Crippen LogP contribution < -0.4 is 4.74 Å². The summed E-state index contributed by atoms with van der Waals surface area (Å²) < 4.78 is 7.39. The molecule has 6 heteroatoms. The second-order valence-corrected chi connectivity index (χ2v) is 4.42. The minimum Gasteiger partial charge on any atom is -0.438 e. The number of fused-ring (bicyclic) bond motifs is 1. The smallest absolute Gasteiger partial charge is 0.414 e. The molecule has 1 unspecified atom stereocenters. The zero-order valence-electron chi connectivity index (χ0n) is 9.47. The molecule has 88 valence electrons. The van der Waals surface area contributed by atoms with Crippen LogP contribution in [-0.2, 0) is 6.54 Å². The van der Waals surface area contributed by atoms with E-state index in [2.05, 4.69) is 11.9 Å². The summed E-state index contributed by atoms with van der Waals surface area (Å²) in [4.78, 5) is 13.8. The summed E-state index contributed by atoms with van der Waals surface area (Å²) in [5, 5.41) is 10.5. The van der Waals surface area contributed by atoms with Gasteiger partial charge >= 0.3 is 11.8 Å². The van der Waals surface area contributed by atoms with Gasteiger partial charge in [0.2, 0.25) is 0 Å². The number of hydrogen-bond acceptors (Lipinski definition) is 4. The molecule has 0 N–H and O–H groups in total. The number of rotatable bonds is 4. The van der Waals surface area contributed by atoms with Gasteiger partial charge in [0.05, 0.1) is 6.54 Å². The molecule has 0 aromatic carbocycles. The molecule has 1 aromatic heterocycles. The fourth-order valence-corrected chi connectivity index (χ4v) is 1.96. The highest BCUT2D eigenvalue weighted by Crippen LogP contribution is 2.33. The van der Waals surface area contributed by atoms with E-state index in [4.69, 9.17) is 4.74 Å². The van der Waals surface area contributed by atoms with Crippen molar-refractivity contribution in [1.82, 2.24) is 9.55 Å². The molecule has 0 radical (unpaired) electrons. The van der Waals surface area contributed by atoms with Gasteiger partial charge in [-0.25, -0.2) is 0 Å². The Hall–Kier alpha value is -1.59. The summed E-state index contributed by atoms with van der Waals surface area (Å²) in [5.41, 5.74) is -0.256. The lowest BCUT2D eigenvalue weighted by atomic mass is 9.99. The minimum absolute atomic E-state index is 0.146. The van der Waals surface area contributed by atoms with Gasteiger partial charge in [-0.3, -0.25) is 4.57 Å². The van der Waals surface area contributed by atoms with Crippen LogP contribution in [0.4, 0.5) is 5.82 Å². The van der Waals surface area contributed by atoms with E-state index in [1.165, 1.54) is 6.20 Å². The lowest BCUT2D eigenvalue weighted by Gasteiger charge is -2.21.